The molecular formula is C12H15NO2S. The summed E-state index contributed by atoms with van der Waals surface area (Å²) >= 11 is 1.26. The lowest BCUT2D eigenvalue weighted by Gasteiger charge is -2.18. The van der Waals surface area contributed by atoms with Gasteiger partial charge in [0.2, 0.25) is 0 Å². The van der Waals surface area contributed by atoms with Crippen LogP contribution in [-0.2, 0) is 6.54 Å². The number of aromatic carboxylic acids is 1. The Morgan fingerprint density at radius 2 is 2.06 bits per heavy atom. The summed E-state index contributed by atoms with van der Waals surface area (Å²) in [7, 11) is 0. The zero-order chi connectivity index (χ0) is 12.0. The molecule has 0 unspecified atom stereocenters. The predicted octanol–water partition coefficient (Wildman–Crippen LogP) is 2.62. The standard InChI is InChI=1S/C12H15NO2S/c1-3-6-13(7-4-2)9-10-5-8-16-11(10)12(14)15/h3-5,8H,1-2,6-7,9H2,(H,14,15). The van der Waals surface area contributed by atoms with Crippen molar-refractivity contribution in [1.29, 1.82) is 0 Å². The minimum atomic E-state index is -0.859. The number of hydrogen-bond acceptors (Lipinski definition) is 3. The van der Waals surface area contributed by atoms with Crippen LogP contribution >= 0.6 is 11.3 Å². The highest BCUT2D eigenvalue weighted by molar-refractivity contribution is 7.12. The van der Waals surface area contributed by atoms with Crippen molar-refractivity contribution < 1.29 is 9.90 Å². The van der Waals surface area contributed by atoms with Gasteiger partial charge in [-0.1, -0.05) is 12.2 Å². The fraction of sp³-hybridized carbons (Fsp3) is 0.250. The molecule has 1 aromatic rings. The molecule has 0 saturated carbocycles. The van der Waals surface area contributed by atoms with E-state index in [2.05, 4.69) is 18.1 Å². The van der Waals surface area contributed by atoms with Gasteiger partial charge in [-0.2, -0.15) is 0 Å². The molecule has 16 heavy (non-hydrogen) atoms. The molecule has 0 aliphatic rings. The lowest BCUT2D eigenvalue weighted by molar-refractivity contribution is 0.0700. The van der Waals surface area contributed by atoms with Gasteiger partial charge in [0, 0.05) is 19.6 Å². The van der Waals surface area contributed by atoms with Gasteiger partial charge in [0.25, 0.3) is 0 Å². The van der Waals surface area contributed by atoms with E-state index >= 15 is 0 Å². The molecule has 3 nitrogen and oxygen atoms in total. The first kappa shape index (κ1) is 12.7. The van der Waals surface area contributed by atoms with Gasteiger partial charge in [-0.3, -0.25) is 4.90 Å². The summed E-state index contributed by atoms with van der Waals surface area (Å²) < 4.78 is 0. The van der Waals surface area contributed by atoms with Crippen molar-refractivity contribution in [2.75, 3.05) is 13.1 Å². The van der Waals surface area contributed by atoms with Crippen LogP contribution in [0.1, 0.15) is 15.2 Å². The largest absolute Gasteiger partial charge is 0.477 e. The third kappa shape index (κ3) is 3.32. The van der Waals surface area contributed by atoms with Crippen molar-refractivity contribution in [1.82, 2.24) is 4.90 Å². The number of nitrogens with zero attached hydrogens (tertiary/aromatic N) is 1. The molecule has 0 amide bonds. The number of carboxylic acid groups (broad SMARTS) is 1. The highest BCUT2D eigenvalue weighted by Gasteiger charge is 2.13. The van der Waals surface area contributed by atoms with Crippen molar-refractivity contribution in [3.8, 4) is 0 Å². The third-order valence-corrected chi connectivity index (χ3v) is 3.05. The Morgan fingerprint density at radius 1 is 1.44 bits per heavy atom. The summed E-state index contributed by atoms with van der Waals surface area (Å²) in [6.07, 6.45) is 3.60. The van der Waals surface area contributed by atoms with Gasteiger partial charge in [-0.05, 0) is 17.0 Å². The minimum Gasteiger partial charge on any atom is -0.477 e. The summed E-state index contributed by atoms with van der Waals surface area (Å²) in [4.78, 5) is 13.4. The van der Waals surface area contributed by atoms with Crippen LogP contribution in [0.2, 0.25) is 0 Å². The quantitative estimate of drug-likeness (QED) is 0.741. The molecule has 4 heteroatoms. The molecule has 0 spiro atoms. The Hall–Kier alpha value is -1.39. The molecule has 0 bridgehead atoms. The minimum absolute atomic E-state index is 0.415. The molecule has 1 aromatic heterocycles. The SMILES string of the molecule is C=CCN(CC=C)Cc1ccsc1C(=O)O. The fourth-order valence-corrected chi connectivity index (χ4v) is 2.21. The number of thiophene rings is 1. The van der Waals surface area contributed by atoms with E-state index in [1.807, 2.05) is 6.07 Å². The summed E-state index contributed by atoms with van der Waals surface area (Å²) in [5.41, 5.74) is 0.848. The van der Waals surface area contributed by atoms with Gasteiger partial charge in [0.15, 0.2) is 0 Å². The molecule has 0 fully saturated rings. The lowest BCUT2D eigenvalue weighted by Crippen LogP contribution is -2.23. The summed E-state index contributed by atoms with van der Waals surface area (Å²) in [6.45, 7) is 9.42. The number of hydrogen-bond donors (Lipinski definition) is 1. The van der Waals surface area contributed by atoms with Gasteiger partial charge in [0.05, 0.1) is 0 Å². The number of carboxylic acids is 1. The van der Waals surface area contributed by atoms with Gasteiger partial charge in [-0.15, -0.1) is 24.5 Å². The Morgan fingerprint density at radius 3 is 2.56 bits per heavy atom. The smallest absolute Gasteiger partial charge is 0.346 e. The molecule has 1 N–H and O–H groups in total. The Bertz CT molecular complexity index is 374. The third-order valence-electron chi connectivity index (χ3n) is 2.11. The molecule has 0 radical (unpaired) electrons. The van der Waals surface area contributed by atoms with Crippen LogP contribution in [0.3, 0.4) is 0 Å². The van der Waals surface area contributed by atoms with E-state index in [0.717, 1.165) is 18.7 Å². The molecule has 0 aromatic carbocycles. The van der Waals surface area contributed by atoms with Crippen molar-refractivity contribution >= 4 is 17.3 Å². The summed E-state index contributed by atoms with van der Waals surface area (Å²) in [5.74, 6) is -0.859. The van der Waals surface area contributed by atoms with E-state index in [1.54, 1.807) is 17.5 Å². The first-order chi connectivity index (χ1) is 7.69. The zero-order valence-corrected chi connectivity index (χ0v) is 9.87. The van der Waals surface area contributed by atoms with E-state index < -0.39 is 5.97 Å². The second-order valence-corrected chi connectivity index (χ2v) is 4.27. The second kappa shape index (κ2) is 6.25. The predicted molar refractivity (Wildman–Crippen MR) is 66.9 cm³/mol. The van der Waals surface area contributed by atoms with Gasteiger partial charge >= 0.3 is 5.97 Å². The van der Waals surface area contributed by atoms with Gasteiger partial charge in [-0.25, -0.2) is 4.79 Å². The maximum absolute atomic E-state index is 10.9. The van der Waals surface area contributed by atoms with Crippen molar-refractivity contribution in [3.05, 3.63) is 47.2 Å². The molecule has 0 saturated heterocycles. The average molecular weight is 237 g/mol. The van der Waals surface area contributed by atoms with Crippen molar-refractivity contribution in [2.45, 2.75) is 6.54 Å². The maximum Gasteiger partial charge on any atom is 0.346 e. The van der Waals surface area contributed by atoms with Crippen LogP contribution in [-0.4, -0.2) is 29.1 Å². The molecule has 1 heterocycles. The van der Waals surface area contributed by atoms with Crippen LogP contribution in [0.15, 0.2) is 36.8 Å². The van der Waals surface area contributed by atoms with E-state index in [-0.39, 0.29) is 0 Å². The molecule has 0 aliphatic heterocycles. The first-order valence-electron chi connectivity index (χ1n) is 4.92. The van der Waals surface area contributed by atoms with Gasteiger partial charge < -0.3 is 5.11 Å². The Kier molecular flexibility index (Phi) is 4.95. The molecule has 0 aliphatic carbocycles. The monoisotopic (exact) mass is 237 g/mol. The highest BCUT2D eigenvalue weighted by Crippen LogP contribution is 2.18. The normalized spacial score (nSPS) is 10.3. The fourth-order valence-electron chi connectivity index (χ4n) is 1.46. The van der Waals surface area contributed by atoms with Gasteiger partial charge in [0.1, 0.15) is 4.88 Å². The number of rotatable bonds is 7. The van der Waals surface area contributed by atoms with Crippen LogP contribution in [0, 0.1) is 0 Å². The Balaban J connectivity index is 2.75. The Labute approximate surface area is 99.3 Å². The molecule has 86 valence electrons. The molecular weight excluding hydrogens is 222 g/mol. The number of carbonyl (C=O) groups is 1. The first-order valence-corrected chi connectivity index (χ1v) is 5.80. The summed E-state index contributed by atoms with van der Waals surface area (Å²) in [5, 5.41) is 10.8. The van der Waals surface area contributed by atoms with Crippen LogP contribution < -0.4 is 0 Å². The molecule has 0 atom stereocenters. The van der Waals surface area contributed by atoms with Crippen molar-refractivity contribution in [2.24, 2.45) is 0 Å². The van der Waals surface area contributed by atoms with Crippen LogP contribution in [0.5, 0.6) is 0 Å². The zero-order valence-electron chi connectivity index (χ0n) is 9.06. The van der Waals surface area contributed by atoms with E-state index in [0.29, 0.717) is 11.4 Å². The highest BCUT2D eigenvalue weighted by atomic mass is 32.1. The van der Waals surface area contributed by atoms with E-state index in [4.69, 9.17) is 5.11 Å². The average Bonchev–Trinajstić information content (AvgIpc) is 2.66. The topological polar surface area (TPSA) is 40.5 Å². The lowest BCUT2D eigenvalue weighted by atomic mass is 10.2. The maximum atomic E-state index is 10.9. The van der Waals surface area contributed by atoms with Crippen LogP contribution in [0.4, 0.5) is 0 Å². The van der Waals surface area contributed by atoms with E-state index in [9.17, 15) is 4.79 Å². The van der Waals surface area contributed by atoms with Crippen LogP contribution in [0.25, 0.3) is 0 Å². The molecule has 1 rings (SSSR count). The van der Waals surface area contributed by atoms with Crippen molar-refractivity contribution in [3.63, 3.8) is 0 Å². The van der Waals surface area contributed by atoms with E-state index in [1.165, 1.54) is 11.3 Å². The summed E-state index contributed by atoms with van der Waals surface area (Å²) in [6, 6.07) is 1.85. The second-order valence-electron chi connectivity index (χ2n) is 3.35.